The third-order valence-corrected chi connectivity index (χ3v) is 2.96. The lowest BCUT2D eigenvalue weighted by Gasteiger charge is -2.13. The Morgan fingerprint density at radius 1 is 0.818 bits per heavy atom. The van der Waals surface area contributed by atoms with Crippen molar-refractivity contribution in [3.8, 4) is 0 Å². The van der Waals surface area contributed by atoms with E-state index in [9.17, 15) is 26.3 Å². The molecule has 0 saturated heterocycles. The Hall–Kier alpha value is -2.45. The zero-order valence-electron chi connectivity index (χ0n) is 10.5. The molecule has 0 atom stereocenters. The molecule has 22 heavy (non-hydrogen) atoms. The standard InChI is InChI=1S/C13H5F6N3/c14-12(15,16)8-5-9(13(17,18)19)21-11-7(8)4-6-2-1-3-20-10(6)22-11/h1-5H. The Morgan fingerprint density at radius 2 is 1.55 bits per heavy atom. The van der Waals surface area contributed by atoms with Gasteiger partial charge in [-0.25, -0.2) is 15.0 Å². The summed E-state index contributed by atoms with van der Waals surface area (Å²) in [5, 5.41) is -0.219. The molecule has 0 unspecified atom stereocenters. The first-order valence-electron chi connectivity index (χ1n) is 5.87. The zero-order chi connectivity index (χ0) is 16.1. The first-order chi connectivity index (χ1) is 10.2. The Balaban J connectivity index is 2.44. The molecule has 3 aromatic rings. The maximum Gasteiger partial charge on any atom is 0.433 e. The van der Waals surface area contributed by atoms with E-state index >= 15 is 0 Å². The van der Waals surface area contributed by atoms with Crippen molar-refractivity contribution in [3.05, 3.63) is 41.7 Å². The lowest BCUT2D eigenvalue weighted by molar-refractivity contribution is -0.144. The van der Waals surface area contributed by atoms with Gasteiger partial charge in [0, 0.05) is 17.0 Å². The predicted molar refractivity (Wildman–Crippen MR) is 64.8 cm³/mol. The van der Waals surface area contributed by atoms with Gasteiger partial charge in [0.15, 0.2) is 11.3 Å². The van der Waals surface area contributed by atoms with E-state index in [1.165, 1.54) is 18.3 Å². The summed E-state index contributed by atoms with van der Waals surface area (Å²) in [4.78, 5) is 10.7. The second kappa shape index (κ2) is 4.52. The van der Waals surface area contributed by atoms with E-state index in [-0.39, 0.29) is 17.1 Å². The molecule has 9 heteroatoms. The summed E-state index contributed by atoms with van der Waals surface area (Å²) < 4.78 is 77.3. The molecular formula is C13H5F6N3. The third-order valence-electron chi connectivity index (χ3n) is 2.96. The van der Waals surface area contributed by atoms with Gasteiger partial charge in [-0.1, -0.05) is 0 Å². The van der Waals surface area contributed by atoms with E-state index in [4.69, 9.17) is 0 Å². The van der Waals surface area contributed by atoms with Gasteiger partial charge < -0.3 is 0 Å². The largest absolute Gasteiger partial charge is 0.433 e. The SMILES string of the molecule is FC(F)(F)c1cc(C(F)(F)F)c2cc3cccnc3nc2n1. The van der Waals surface area contributed by atoms with Crippen molar-refractivity contribution in [2.45, 2.75) is 12.4 Å². The lowest BCUT2D eigenvalue weighted by Crippen LogP contribution is -2.14. The number of rotatable bonds is 0. The van der Waals surface area contributed by atoms with Gasteiger partial charge in [-0.15, -0.1) is 0 Å². The molecule has 0 radical (unpaired) electrons. The average molecular weight is 317 g/mol. The zero-order valence-corrected chi connectivity index (χ0v) is 10.5. The van der Waals surface area contributed by atoms with Crippen LogP contribution in [0.4, 0.5) is 26.3 Å². The fourth-order valence-corrected chi connectivity index (χ4v) is 2.02. The van der Waals surface area contributed by atoms with Crippen molar-refractivity contribution in [3.63, 3.8) is 0 Å². The number of hydrogen-bond donors (Lipinski definition) is 0. The molecule has 3 rings (SSSR count). The first kappa shape index (κ1) is 14.5. The highest BCUT2D eigenvalue weighted by Gasteiger charge is 2.39. The van der Waals surface area contributed by atoms with Crippen LogP contribution in [0.1, 0.15) is 11.3 Å². The maximum absolute atomic E-state index is 13.0. The van der Waals surface area contributed by atoms with Crippen LogP contribution >= 0.6 is 0 Å². The van der Waals surface area contributed by atoms with Crippen molar-refractivity contribution in [2.24, 2.45) is 0 Å². The van der Waals surface area contributed by atoms with Gasteiger partial charge in [0.1, 0.15) is 5.69 Å². The lowest BCUT2D eigenvalue weighted by atomic mass is 10.1. The molecular weight excluding hydrogens is 312 g/mol. The number of pyridine rings is 3. The molecule has 0 bridgehead atoms. The van der Waals surface area contributed by atoms with Gasteiger partial charge in [0.05, 0.1) is 5.56 Å². The topological polar surface area (TPSA) is 38.7 Å². The van der Waals surface area contributed by atoms with Crippen LogP contribution in [0.15, 0.2) is 30.5 Å². The molecule has 0 aliphatic heterocycles. The molecule has 0 aliphatic carbocycles. The minimum atomic E-state index is -5.01. The molecule has 114 valence electrons. The van der Waals surface area contributed by atoms with Crippen molar-refractivity contribution in [2.75, 3.05) is 0 Å². The number of aromatic nitrogens is 3. The molecule has 0 saturated carbocycles. The van der Waals surface area contributed by atoms with E-state index in [0.29, 0.717) is 0 Å². The summed E-state index contributed by atoms with van der Waals surface area (Å²) in [5.74, 6) is 0. The van der Waals surface area contributed by atoms with Gasteiger partial charge >= 0.3 is 12.4 Å². The highest BCUT2D eigenvalue weighted by molar-refractivity contribution is 5.91. The number of halogens is 6. The number of nitrogens with zero attached hydrogens (tertiary/aromatic N) is 3. The summed E-state index contributed by atoms with van der Waals surface area (Å²) in [6.07, 6.45) is -8.63. The molecule has 0 aromatic carbocycles. The van der Waals surface area contributed by atoms with Gasteiger partial charge in [-0.05, 0) is 24.3 Å². The molecule has 3 aromatic heterocycles. The van der Waals surface area contributed by atoms with Crippen LogP contribution in [0.3, 0.4) is 0 Å². The van der Waals surface area contributed by atoms with Crippen LogP contribution in [0.5, 0.6) is 0 Å². The Kier molecular flexibility index (Phi) is 2.98. The van der Waals surface area contributed by atoms with E-state index < -0.39 is 34.6 Å². The quantitative estimate of drug-likeness (QED) is 0.460. The van der Waals surface area contributed by atoms with Crippen LogP contribution in [0.2, 0.25) is 0 Å². The molecule has 0 amide bonds. The van der Waals surface area contributed by atoms with Gasteiger partial charge in [0.2, 0.25) is 0 Å². The number of alkyl halides is 6. The van der Waals surface area contributed by atoms with Gasteiger partial charge in [-0.2, -0.15) is 26.3 Å². The van der Waals surface area contributed by atoms with Crippen molar-refractivity contribution >= 4 is 22.1 Å². The first-order valence-corrected chi connectivity index (χ1v) is 5.87. The second-order valence-corrected chi connectivity index (χ2v) is 4.46. The fraction of sp³-hybridized carbons (Fsp3) is 0.154. The van der Waals surface area contributed by atoms with E-state index in [2.05, 4.69) is 15.0 Å². The Labute approximate surface area is 118 Å². The summed E-state index contributed by atoms with van der Waals surface area (Å²) in [6.45, 7) is 0. The summed E-state index contributed by atoms with van der Waals surface area (Å²) >= 11 is 0. The number of hydrogen-bond acceptors (Lipinski definition) is 3. The minimum Gasteiger partial charge on any atom is -0.237 e. The molecule has 3 nitrogen and oxygen atoms in total. The molecule has 0 fully saturated rings. The average Bonchev–Trinajstić information content (AvgIpc) is 2.41. The summed E-state index contributed by atoms with van der Waals surface area (Å²) in [5.41, 5.74) is -3.69. The third kappa shape index (κ3) is 2.42. The second-order valence-electron chi connectivity index (χ2n) is 4.46. The Morgan fingerprint density at radius 3 is 2.18 bits per heavy atom. The molecule has 3 heterocycles. The van der Waals surface area contributed by atoms with Crippen LogP contribution < -0.4 is 0 Å². The van der Waals surface area contributed by atoms with Gasteiger partial charge in [-0.3, -0.25) is 0 Å². The fourth-order valence-electron chi connectivity index (χ4n) is 2.02. The van der Waals surface area contributed by atoms with Crippen LogP contribution in [0, 0.1) is 0 Å². The van der Waals surface area contributed by atoms with Crippen molar-refractivity contribution < 1.29 is 26.3 Å². The predicted octanol–water partition coefficient (Wildman–Crippen LogP) is 4.22. The van der Waals surface area contributed by atoms with Crippen LogP contribution in [-0.4, -0.2) is 15.0 Å². The Bertz CT molecular complexity index is 869. The number of fused-ring (bicyclic) bond motifs is 2. The highest BCUT2D eigenvalue weighted by atomic mass is 19.4. The van der Waals surface area contributed by atoms with Crippen LogP contribution in [0.25, 0.3) is 22.1 Å². The van der Waals surface area contributed by atoms with E-state index in [1.807, 2.05) is 0 Å². The van der Waals surface area contributed by atoms with E-state index in [1.54, 1.807) is 0 Å². The summed E-state index contributed by atoms with van der Waals surface area (Å²) in [7, 11) is 0. The molecule has 0 aliphatic rings. The van der Waals surface area contributed by atoms with Crippen LogP contribution in [-0.2, 0) is 12.4 Å². The minimum absolute atomic E-state index is 0.00772. The monoisotopic (exact) mass is 317 g/mol. The molecule has 0 spiro atoms. The smallest absolute Gasteiger partial charge is 0.237 e. The van der Waals surface area contributed by atoms with Crippen molar-refractivity contribution in [1.29, 1.82) is 0 Å². The van der Waals surface area contributed by atoms with Gasteiger partial charge in [0.25, 0.3) is 0 Å². The highest BCUT2D eigenvalue weighted by Crippen LogP contribution is 2.38. The maximum atomic E-state index is 13.0. The van der Waals surface area contributed by atoms with Crippen molar-refractivity contribution in [1.82, 2.24) is 15.0 Å². The normalized spacial score (nSPS) is 13.0. The molecule has 0 N–H and O–H groups in total. The van der Waals surface area contributed by atoms with E-state index in [0.717, 1.165) is 6.07 Å². The summed E-state index contributed by atoms with van der Waals surface area (Å²) in [6, 6.07) is 4.03.